The van der Waals surface area contributed by atoms with Crippen LogP contribution < -0.4 is 10.2 Å². The minimum Gasteiger partial charge on any atom is -0.462 e. The number of aromatic nitrogens is 3. The monoisotopic (exact) mass is 465 g/mol. The molecule has 1 aliphatic rings. The van der Waals surface area contributed by atoms with Crippen LogP contribution in [0.3, 0.4) is 0 Å². The first-order chi connectivity index (χ1) is 16.5. The number of hydrogen-bond acceptors (Lipinski definition) is 8. The van der Waals surface area contributed by atoms with Gasteiger partial charge in [-0.3, -0.25) is 5.32 Å². The summed E-state index contributed by atoms with van der Waals surface area (Å²) in [6, 6.07) is 11.7. The van der Waals surface area contributed by atoms with Gasteiger partial charge in [0, 0.05) is 31.9 Å². The number of aryl methyl sites for hydroxylation is 1. The third kappa shape index (κ3) is 4.99. The fraction of sp³-hybridized carbons (Fsp3) is 0.400. The molecule has 5 rings (SSSR count). The van der Waals surface area contributed by atoms with Crippen LogP contribution in [0.15, 0.2) is 40.8 Å². The van der Waals surface area contributed by atoms with E-state index in [1.807, 2.05) is 35.9 Å². The molecule has 9 heteroatoms. The average molecular weight is 466 g/mol. The van der Waals surface area contributed by atoms with E-state index in [1.165, 1.54) is 6.42 Å². The number of ether oxygens (including phenoxy) is 2. The third-order valence-electron chi connectivity index (χ3n) is 5.36. The molecular formula is C25H31N5O4. The molecule has 1 fully saturated rings. The van der Waals surface area contributed by atoms with Crippen LogP contribution in [-0.2, 0) is 16.5 Å². The van der Waals surface area contributed by atoms with Crippen molar-refractivity contribution in [1.29, 1.82) is 0 Å². The van der Waals surface area contributed by atoms with Crippen molar-refractivity contribution in [2.24, 2.45) is 7.05 Å². The highest BCUT2D eigenvalue weighted by molar-refractivity contribution is 5.94. The molecule has 0 aliphatic carbocycles. The highest BCUT2D eigenvalue weighted by Crippen LogP contribution is 2.28. The predicted molar refractivity (Wildman–Crippen MR) is 133 cm³/mol. The number of hydrogen-bond donors (Lipinski definition) is 1. The second-order valence-corrected chi connectivity index (χ2v) is 8.02. The molecule has 1 aliphatic heterocycles. The molecule has 0 bridgehead atoms. The first-order valence-electron chi connectivity index (χ1n) is 11.7. The number of carbonyl (C=O) groups is 1. The zero-order chi connectivity index (χ0) is 24.1. The Morgan fingerprint density at radius 3 is 2.56 bits per heavy atom. The molecule has 0 saturated carbocycles. The summed E-state index contributed by atoms with van der Waals surface area (Å²) in [7, 11) is 1.89. The van der Waals surface area contributed by atoms with E-state index in [1.54, 1.807) is 19.1 Å². The zero-order valence-corrected chi connectivity index (χ0v) is 20.1. The van der Waals surface area contributed by atoms with Crippen LogP contribution in [-0.4, -0.2) is 53.4 Å². The van der Waals surface area contributed by atoms with Crippen molar-refractivity contribution in [2.45, 2.75) is 27.2 Å². The molecule has 3 heterocycles. The molecule has 0 unspecified atom stereocenters. The van der Waals surface area contributed by atoms with Crippen molar-refractivity contribution in [3.05, 3.63) is 42.0 Å². The van der Waals surface area contributed by atoms with Gasteiger partial charge in [0.15, 0.2) is 5.58 Å². The lowest BCUT2D eigenvalue weighted by molar-refractivity contribution is 0.0526. The van der Waals surface area contributed by atoms with Crippen LogP contribution in [0.1, 0.15) is 37.6 Å². The maximum atomic E-state index is 12.0. The second kappa shape index (κ2) is 10.6. The van der Waals surface area contributed by atoms with Crippen molar-refractivity contribution >= 4 is 45.8 Å². The van der Waals surface area contributed by atoms with Crippen molar-refractivity contribution in [3.8, 4) is 0 Å². The quantitative estimate of drug-likeness (QED) is 0.417. The molecule has 0 radical (unpaired) electrons. The summed E-state index contributed by atoms with van der Waals surface area (Å²) in [6.07, 6.45) is 1.25. The van der Waals surface area contributed by atoms with Crippen LogP contribution in [0.4, 0.5) is 17.7 Å². The van der Waals surface area contributed by atoms with Gasteiger partial charge in [-0.25, -0.2) is 9.78 Å². The molecule has 0 amide bonds. The van der Waals surface area contributed by atoms with Crippen LogP contribution in [0.5, 0.6) is 0 Å². The van der Waals surface area contributed by atoms with Crippen LogP contribution in [0.25, 0.3) is 22.1 Å². The summed E-state index contributed by atoms with van der Waals surface area (Å²) >= 11 is 0. The average Bonchev–Trinajstić information content (AvgIpc) is 3.39. The van der Waals surface area contributed by atoms with E-state index in [4.69, 9.17) is 13.9 Å². The maximum Gasteiger partial charge on any atom is 0.338 e. The number of fused-ring (bicyclic) bond motifs is 2. The van der Waals surface area contributed by atoms with E-state index < -0.39 is 0 Å². The molecule has 4 aromatic rings. The number of morpholine rings is 1. The number of imidazole rings is 1. The Labute approximate surface area is 198 Å². The minimum absolute atomic E-state index is 0.330. The van der Waals surface area contributed by atoms with Gasteiger partial charge in [0.2, 0.25) is 5.95 Å². The molecule has 1 N–H and O–H groups in total. The summed E-state index contributed by atoms with van der Waals surface area (Å²) in [5.74, 6) is 0.204. The molecule has 0 spiro atoms. The molecule has 2 aromatic heterocycles. The summed E-state index contributed by atoms with van der Waals surface area (Å²) in [6.45, 7) is 9.54. The molecule has 180 valence electrons. The van der Waals surface area contributed by atoms with Gasteiger partial charge in [0.05, 0.1) is 36.4 Å². The summed E-state index contributed by atoms with van der Waals surface area (Å²) in [5.41, 5.74) is 4.59. The Bertz CT molecular complexity index is 1270. The number of benzene rings is 2. The SMILES string of the molecule is CCC.CCOC(=O)c1ccc2c(c1)nc(Nc1nc3ccc(N4CCOCC4)cc3o1)n2C. The normalized spacial score (nSPS) is 13.6. The highest BCUT2D eigenvalue weighted by atomic mass is 16.5. The van der Waals surface area contributed by atoms with Crippen molar-refractivity contribution in [3.63, 3.8) is 0 Å². The topological polar surface area (TPSA) is 94.7 Å². The molecule has 9 nitrogen and oxygen atoms in total. The van der Waals surface area contributed by atoms with Crippen molar-refractivity contribution in [2.75, 3.05) is 43.1 Å². The Hall–Kier alpha value is -3.59. The van der Waals surface area contributed by atoms with Gasteiger partial charge >= 0.3 is 12.0 Å². The fourth-order valence-corrected chi connectivity index (χ4v) is 3.73. The minimum atomic E-state index is -0.361. The smallest absolute Gasteiger partial charge is 0.338 e. The number of rotatable bonds is 5. The molecule has 0 atom stereocenters. The molecule has 1 saturated heterocycles. The van der Waals surface area contributed by atoms with Gasteiger partial charge in [-0.1, -0.05) is 20.3 Å². The van der Waals surface area contributed by atoms with Gasteiger partial charge < -0.3 is 23.4 Å². The standard InChI is InChI=1S/C22H23N5O4.C3H8/c1-3-30-20(28)14-4-7-18-17(12-14)23-21(26(18)2)25-22-24-16-6-5-15(13-19(16)31-22)27-8-10-29-11-9-27;1-3-2/h4-7,12-13H,3,8-11H2,1-2H3,(H,23,24,25);3H2,1-2H3. The lowest BCUT2D eigenvalue weighted by atomic mass is 10.2. The van der Waals surface area contributed by atoms with E-state index >= 15 is 0 Å². The second-order valence-electron chi connectivity index (χ2n) is 8.02. The number of esters is 1. The third-order valence-corrected chi connectivity index (χ3v) is 5.36. The van der Waals surface area contributed by atoms with Gasteiger partial charge in [-0.15, -0.1) is 0 Å². The fourth-order valence-electron chi connectivity index (χ4n) is 3.73. The van der Waals surface area contributed by atoms with E-state index in [-0.39, 0.29) is 5.97 Å². The molecule has 2 aromatic carbocycles. The lowest BCUT2D eigenvalue weighted by Gasteiger charge is -2.28. The molecule has 34 heavy (non-hydrogen) atoms. The van der Waals surface area contributed by atoms with Gasteiger partial charge in [0.25, 0.3) is 0 Å². The van der Waals surface area contributed by atoms with Gasteiger partial charge in [-0.05, 0) is 37.3 Å². The van der Waals surface area contributed by atoms with Crippen LogP contribution in [0, 0.1) is 0 Å². The zero-order valence-electron chi connectivity index (χ0n) is 20.1. The maximum absolute atomic E-state index is 12.0. The van der Waals surface area contributed by atoms with Crippen molar-refractivity contribution < 1.29 is 18.7 Å². The van der Waals surface area contributed by atoms with E-state index in [9.17, 15) is 4.79 Å². The van der Waals surface area contributed by atoms with Gasteiger partial charge in [0.1, 0.15) is 5.52 Å². The summed E-state index contributed by atoms with van der Waals surface area (Å²) in [5, 5.41) is 3.15. The Balaban J connectivity index is 0.000000868. The van der Waals surface area contributed by atoms with E-state index in [0.29, 0.717) is 35.2 Å². The Morgan fingerprint density at radius 2 is 1.82 bits per heavy atom. The predicted octanol–water partition coefficient (Wildman–Crippen LogP) is 4.89. The van der Waals surface area contributed by atoms with Gasteiger partial charge in [-0.2, -0.15) is 4.98 Å². The summed E-state index contributed by atoms with van der Waals surface area (Å²) < 4.78 is 18.3. The van der Waals surface area contributed by atoms with Crippen LogP contribution >= 0.6 is 0 Å². The molecular weight excluding hydrogens is 434 g/mol. The van der Waals surface area contributed by atoms with E-state index in [2.05, 4.69) is 34.0 Å². The van der Waals surface area contributed by atoms with E-state index in [0.717, 1.165) is 43.0 Å². The number of oxazole rings is 1. The van der Waals surface area contributed by atoms with Crippen LogP contribution in [0.2, 0.25) is 0 Å². The number of nitrogens with zero attached hydrogens (tertiary/aromatic N) is 4. The highest BCUT2D eigenvalue weighted by Gasteiger charge is 2.16. The first-order valence-corrected chi connectivity index (χ1v) is 11.7. The Morgan fingerprint density at radius 1 is 1.06 bits per heavy atom. The number of nitrogens with one attached hydrogen (secondary N) is 1. The lowest BCUT2D eigenvalue weighted by Crippen LogP contribution is -2.36. The number of carbonyl (C=O) groups excluding carboxylic acids is 1. The number of anilines is 3. The Kier molecular flexibility index (Phi) is 7.32. The first kappa shape index (κ1) is 23.6. The van der Waals surface area contributed by atoms with Crippen molar-refractivity contribution in [1.82, 2.24) is 14.5 Å². The summed E-state index contributed by atoms with van der Waals surface area (Å²) in [4.78, 5) is 23.4. The largest absolute Gasteiger partial charge is 0.462 e.